The minimum atomic E-state index is -0.852. The Morgan fingerprint density at radius 3 is 2.35 bits per heavy atom. The molecule has 3 aromatic carbocycles. The molecule has 1 atom stereocenters. The van der Waals surface area contributed by atoms with Crippen molar-refractivity contribution in [1.82, 2.24) is 4.90 Å². The van der Waals surface area contributed by atoms with Crippen molar-refractivity contribution in [2.24, 2.45) is 0 Å². The molecule has 1 N–H and O–H groups in total. The topological polar surface area (TPSA) is 93.1 Å². The van der Waals surface area contributed by atoms with Gasteiger partial charge < -0.3 is 19.5 Å². The van der Waals surface area contributed by atoms with E-state index in [0.717, 1.165) is 5.56 Å². The van der Waals surface area contributed by atoms with Crippen molar-refractivity contribution >= 4 is 35.0 Å². The molecule has 1 unspecified atom stereocenters. The van der Waals surface area contributed by atoms with Crippen LogP contribution < -0.4 is 4.74 Å². The Kier molecular flexibility index (Phi) is 7.64. The summed E-state index contributed by atoms with van der Waals surface area (Å²) in [6, 6.07) is 18.1. The van der Waals surface area contributed by atoms with Crippen LogP contribution in [0, 0.1) is 6.92 Å². The number of carbonyl (C=O) groups excluding carboxylic acids is 3. The number of halogens is 1. The number of rotatable bonds is 7. The summed E-state index contributed by atoms with van der Waals surface area (Å²) in [7, 11) is 1.42. The van der Waals surface area contributed by atoms with Gasteiger partial charge >= 0.3 is 5.97 Å². The predicted octanol–water partition coefficient (Wildman–Crippen LogP) is 5.46. The maximum Gasteiger partial charge on any atom is 0.338 e. The van der Waals surface area contributed by atoms with Crippen molar-refractivity contribution in [1.29, 1.82) is 0 Å². The SMILES string of the molecule is CCOC(=O)c1ccc(CN2C(=O)C(=O)/C(=C(/O)c3cc(C)cc(Cl)c3OC)C2c2ccccc2)cc1. The van der Waals surface area contributed by atoms with Crippen molar-refractivity contribution in [3.8, 4) is 5.75 Å². The molecule has 1 heterocycles. The molecule has 37 heavy (non-hydrogen) atoms. The van der Waals surface area contributed by atoms with E-state index in [2.05, 4.69) is 0 Å². The number of carbonyl (C=O) groups is 3. The number of esters is 1. The van der Waals surface area contributed by atoms with Gasteiger partial charge in [-0.1, -0.05) is 54.1 Å². The number of ketones is 1. The highest BCUT2D eigenvalue weighted by Crippen LogP contribution is 2.43. The number of hydrogen-bond acceptors (Lipinski definition) is 6. The zero-order valence-electron chi connectivity index (χ0n) is 20.7. The van der Waals surface area contributed by atoms with Gasteiger partial charge in [-0.2, -0.15) is 0 Å². The second-order valence-electron chi connectivity index (χ2n) is 8.58. The number of amides is 1. The lowest BCUT2D eigenvalue weighted by Gasteiger charge is -2.25. The van der Waals surface area contributed by atoms with E-state index >= 15 is 0 Å². The van der Waals surface area contributed by atoms with E-state index in [1.54, 1.807) is 74.5 Å². The van der Waals surface area contributed by atoms with Crippen LogP contribution in [0.1, 0.15) is 45.6 Å². The fourth-order valence-electron chi connectivity index (χ4n) is 4.44. The van der Waals surface area contributed by atoms with Crippen LogP contribution in [-0.4, -0.2) is 41.4 Å². The number of likely N-dealkylation sites (tertiary alicyclic amines) is 1. The molecule has 1 aliphatic heterocycles. The third-order valence-corrected chi connectivity index (χ3v) is 6.40. The summed E-state index contributed by atoms with van der Waals surface area (Å²) in [6.45, 7) is 3.87. The first-order valence-corrected chi connectivity index (χ1v) is 12.1. The smallest absolute Gasteiger partial charge is 0.338 e. The molecule has 0 bridgehead atoms. The van der Waals surface area contributed by atoms with E-state index in [9.17, 15) is 19.5 Å². The first-order chi connectivity index (χ1) is 17.8. The number of Topliss-reactive ketones (excluding diaryl/α,β-unsaturated/α-hetero) is 1. The summed E-state index contributed by atoms with van der Waals surface area (Å²) in [5.74, 6) is -2.16. The maximum absolute atomic E-state index is 13.3. The monoisotopic (exact) mass is 519 g/mol. The molecule has 1 amide bonds. The van der Waals surface area contributed by atoms with Crippen LogP contribution in [0.2, 0.25) is 5.02 Å². The maximum atomic E-state index is 13.3. The van der Waals surface area contributed by atoms with Gasteiger partial charge in [0, 0.05) is 6.54 Å². The fourth-order valence-corrected chi connectivity index (χ4v) is 4.79. The zero-order chi connectivity index (χ0) is 26.7. The number of methoxy groups -OCH3 is 1. The van der Waals surface area contributed by atoms with Gasteiger partial charge in [0.2, 0.25) is 0 Å². The highest BCUT2D eigenvalue weighted by atomic mass is 35.5. The molecule has 4 rings (SSSR count). The number of nitrogens with zero attached hydrogens (tertiary/aromatic N) is 1. The van der Waals surface area contributed by atoms with Gasteiger partial charge in [0.25, 0.3) is 11.7 Å². The van der Waals surface area contributed by atoms with Gasteiger partial charge in [-0.3, -0.25) is 9.59 Å². The Hall–Kier alpha value is -4.10. The molecule has 1 saturated heterocycles. The summed E-state index contributed by atoms with van der Waals surface area (Å²) in [4.78, 5) is 40.0. The lowest BCUT2D eigenvalue weighted by atomic mass is 9.94. The number of aryl methyl sites for hydroxylation is 1. The van der Waals surface area contributed by atoms with E-state index in [1.807, 2.05) is 6.07 Å². The van der Waals surface area contributed by atoms with Crippen molar-refractivity contribution in [2.45, 2.75) is 26.4 Å². The van der Waals surface area contributed by atoms with Crippen molar-refractivity contribution in [3.05, 3.63) is 105 Å². The van der Waals surface area contributed by atoms with Gasteiger partial charge in [-0.25, -0.2) is 4.79 Å². The Bertz CT molecular complexity index is 1380. The summed E-state index contributed by atoms with van der Waals surface area (Å²) < 4.78 is 10.4. The van der Waals surface area contributed by atoms with Gasteiger partial charge in [0.15, 0.2) is 0 Å². The van der Waals surface area contributed by atoms with Gasteiger partial charge in [-0.15, -0.1) is 0 Å². The third-order valence-electron chi connectivity index (χ3n) is 6.12. The lowest BCUT2D eigenvalue weighted by Crippen LogP contribution is -2.29. The van der Waals surface area contributed by atoms with E-state index < -0.39 is 23.7 Å². The number of ether oxygens (including phenoxy) is 2. The first-order valence-electron chi connectivity index (χ1n) is 11.7. The molecule has 0 saturated carbocycles. The Morgan fingerprint density at radius 2 is 1.73 bits per heavy atom. The summed E-state index contributed by atoms with van der Waals surface area (Å²) in [6.07, 6.45) is 0. The third kappa shape index (κ3) is 5.08. The summed E-state index contributed by atoms with van der Waals surface area (Å²) in [5.41, 5.74) is 2.66. The Morgan fingerprint density at radius 1 is 1.05 bits per heavy atom. The van der Waals surface area contributed by atoms with E-state index in [0.29, 0.717) is 16.7 Å². The van der Waals surface area contributed by atoms with Crippen LogP contribution in [0.3, 0.4) is 0 Å². The largest absolute Gasteiger partial charge is 0.507 e. The van der Waals surface area contributed by atoms with Crippen LogP contribution in [0.25, 0.3) is 5.76 Å². The van der Waals surface area contributed by atoms with Crippen LogP contribution >= 0.6 is 11.6 Å². The molecule has 0 aliphatic carbocycles. The van der Waals surface area contributed by atoms with Gasteiger partial charge in [-0.05, 0) is 54.8 Å². The predicted molar refractivity (Wildman–Crippen MR) is 139 cm³/mol. The highest BCUT2D eigenvalue weighted by molar-refractivity contribution is 6.46. The highest BCUT2D eigenvalue weighted by Gasteiger charge is 2.46. The number of aliphatic hydroxyl groups excluding tert-OH is 1. The lowest BCUT2D eigenvalue weighted by molar-refractivity contribution is -0.140. The Balaban J connectivity index is 1.81. The van der Waals surface area contributed by atoms with Crippen LogP contribution in [0.15, 0.2) is 72.3 Å². The van der Waals surface area contributed by atoms with Crippen LogP contribution in [0.5, 0.6) is 5.75 Å². The minimum Gasteiger partial charge on any atom is -0.507 e. The average molecular weight is 520 g/mol. The quantitative estimate of drug-likeness (QED) is 0.193. The molecule has 7 nitrogen and oxygen atoms in total. The van der Waals surface area contributed by atoms with Crippen molar-refractivity contribution in [2.75, 3.05) is 13.7 Å². The zero-order valence-corrected chi connectivity index (χ0v) is 21.4. The summed E-state index contributed by atoms with van der Waals surface area (Å²) >= 11 is 6.34. The average Bonchev–Trinajstić information content (AvgIpc) is 3.14. The minimum absolute atomic E-state index is 0.0562. The molecular formula is C29H26ClNO6. The summed E-state index contributed by atoms with van der Waals surface area (Å²) in [5, 5.41) is 11.7. The molecule has 0 radical (unpaired) electrons. The van der Waals surface area contributed by atoms with Gasteiger partial charge in [0.05, 0.1) is 41.5 Å². The molecule has 0 aromatic heterocycles. The standard InChI is InChI=1S/C29H26ClNO6/c1-4-37-29(35)20-12-10-18(11-13-20)16-31-24(19-8-6-5-7-9-19)23(26(33)28(31)34)25(32)21-14-17(2)15-22(30)27(21)36-3/h5-15,24,32H,4,16H2,1-3H3/b25-23+. The van der Waals surface area contributed by atoms with E-state index in [-0.39, 0.29) is 40.8 Å². The van der Waals surface area contributed by atoms with E-state index in [4.69, 9.17) is 21.1 Å². The number of hydrogen-bond donors (Lipinski definition) is 1. The Labute approximate surface area is 219 Å². The molecule has 190 valence electrons. The second-order valence-corrected chi connectivity index (χ2v) is 8.99. The molecule has 3 aromatic rings. The molecule has 1 fully saturated rings. The number of aliphatic hydroxyl groups is 1. The molecule has 8 heteroatoms. The number of benzene rings is 3. The van der Waals surface area contributed by atoms with Crippen LogP contribution in [0.4, 0.5) is 0 Å². The van der Waals surface area contributed by atoms with Crippen molar-refractivity contribution < 1.29 is 29.0 Å². The fraction of sp³-hybridized carbons (Fsp3) is 0.207. The normalized spacial score (nSPS) is 16.6. The van der Waals surface area contributed by atoms with E-state index in [1.165, 1.54) is 12.0 Å². The molecule has 1 aliphatic rings. The second kappa shape index (κ2) is 10.9. The van der Waals surface area contributed by atoms with Crippen molar-refractivity contribution in [3.63, 3.8) is 0 Å². The first kappa shape index (κ1) is 26.0. The molecule has 0 spiro atoms. The van der Waals surface area contributed by atoms with Gasteiger partial charge in [0.1, 0.15) is 11.5 Å². The van der Waals surface area contributed by atoms with Crippen LogP contribution in [-0.2, 0) is 20.9 Å². The molecular weight excluding hydrogens is 494 g/mol.